The topological polar surface area (TPSA) is 66.4 Å². The van der Waals surface area contributed by atoms with Gasteiger partial charge in [-0.2, -0.15) is 0 Å². The van der Waals surface area contributed by atoms with Crippen LogP contribution in [0.2, 0.25) is 0 Å². The molecule has 1 aromatic rings. The molecule has 4 heteroatoms. The molecule has 2 atom stereocenters. The first-order valence-electron chi connectivity index (χ1n) is 9.05. The number of ketones is 1. The smallest absolute Gasteiger partial charge is 0.220 e. The highest BCUT2D eigenvalue weighted by molar-refractivity contribution is 5.98. The number of aliphatic hydroxyl groups excluding tert-OH is 1. The summed E-state index contributed by atoms with van der Waals surface area (Å²) in [5.74, 6) is 0.166. The van der Waals surface area contributed by atoms with Gasteiger partial charge in [0.05, 0.1) is 6.10 Å². The van der Waals surface area contributed by atoms with Crippen LogP contribution in [0.4, 0.5) is 0 Å². The van der Waals surface area contributed by atoms with Crippen LogP contribution in [0, 0.1) is 5.92 Å². The lowest BCUT2D eigenvalue weighted by Gasteiger charge is -2.16. The number of fused-ring (bicyclic) bond motifs is 1. The van der Waals surface area contributed by atoms with Crippen LogP contribution in [0.15, 0.2) is 18.2 Å². The Labute approximate surface area is 144 Å². The molecule has 1 aromatic carbocycles. The standard InChI is InChI=1S/C20H29NO3/c1-14(11-15(2)22)13-21-20(24)10-9-19(23)18-8-7-16-5-3-4-6-17(16)12-18/h7-8,12,14-15,22H,3-6,9-11,13H2,1-2H3,(H,21,24). The Morgan fingerprint density at radius 3 is 2.54 bits per heavy atom. The van der Waals surface area contributed by atoms with Gasteiger partial charge >= 0.3 is 0 Å². The molecule has 0 fully saturated rings. The van der Waals surface area contributed by atoms with E-state index in [1.165, 1.54) is 24.0 Å². The highest BCUT2D eigenvalue weighted by atomic mass is 16.3. The van der Waals surface area contributed by atoms with Crippen molar-refractivity contribution in [3.8, 4) is 0 Å². The lowest BCUT2D eigenvalue weighted by molar-refractivity contribution is -0.121. The average Bonchev–Trinajstić information content (AvgIpc) is 2.56. The summed E-state index contributed by atoms with van der Waals surface area (Å²) in [6.07, 6.45) is 5.35. The molecular weight excluding hydrogens is 302 g/mol. The van der Waals surface area contributed by atoms with Gasteiger partial charge in [0.1, 0.15) is 0 Å². The van der Waals surface area contributed by atoms with Crippen molar-refractivity contribution in [3.05, 3.63) is 34.9 Å². The van der Waals surface area contributed by atoms with Crippen molar-refractivity contribution in [3.63, 3.8) is 0 Å². The molecule has 2 N–H and O–H groups in total. The Morgan fingerprint density at radius 1 is 1.12 bits per heavy atom. The summed E-state index contributed by atoms with van der Waals surface area (Å²) in [6, 6.07) is 5.98. The van der Waals surface area contributed by atoms with Gasteiger partial charge in [0, 0.05) is 24.9 Å². The van der Waals surface area contributed by atoms with Crippen molar-refractivity contribution >= 4 is 11.7 Å². The molecule has 2 unspecified atom stereocenters. The quantitative estimate of drug-likeness (QED) is 0.720. The van der Waals surface area contributed by atoms with Crippen molar-refractivity contribution in [2.24, 2.45) is 5.92 Å². The van der Waals surface area contributed by atoms with E-state index in [2.05, 4.69) is 11.4 Å². The number of amides is 1. The lowest BCUT2D eigenvalue weighted by atomic mass is 9.89. The van der Waals surface area contributed by atoms with E-state index in [0.29, 0.717) is 13.0 Å². The number of carbonyl (C=O) groups is 2. The largest absolute Gasteiger partial charge is 0.393 e. The minimum atomic E-state index is -0.359. The van der Waals surface area contributed by atoms with E-state index in [9.17, 15) is 14.7 Å². The third kappa shape index (κ3) is 5.75. The van der Waals surface area contributed by atoms with Gasteiger partial charge in [0.25, 0.3) is 0 Å². The lowest BCUT2D eigenvalue weighted by Crippen LogP contribution is -2.29. The van der Waals surface area contributed by atoms with Gasteiger partial charge < -0.3 is 10.4 Å². The summed E-state index contributed by atoms with van der Waals surface area (Å²) < 4.78 is 0. The third-order valence-electron chi connectivity index (χ3n) is 4.64. The molecule has 24 heavy (non-hydrogen) atoms. The van der Waals surface area contributed by atoms with Crippen LogP contribution < -0.4 is 5.32 Å². The van der Waals surface area contributed by atoms with Crippen molar-refractivity contribution in [2.75, 3.05) is 6.54 Å². The Bertz CT molecular complexity index is 580. The molecule has 0 radical (unpaired) electrons. The number of aryl methyl sites for hydroxylation is 2. The van der Waals surface area contributed by atoms with Gasteiger partial charge in [-0.15, -0.1) is 0 Å². The highest BCUT2D eigenvalue weighted by Gasteiger charge is 2.14. The summed E-state index contributed by atoms with van der Waals surface area (Å²) >= 11 is 0. The number of aliphatic hydroxyl groups is 1. The maximum Gasteiger partial charge on any atom is 0.220 e. The van der Waals surface area contributed by atoms with Crippen LogP contribution in [0.3, 0.4) is 0 Å². The molecule has 1 aliphatic carbocycles. The first kappa shape index (κ1) is 18.7. The van der Waals surface area contributed by atoms with Crippen LogP contribution in [0.5, 0.6) is 0 Å². The summed E-state index contributed by atoms with van der Waals surface area (Å²) in [5, 5.41) is 12.2. The van der Waals surface area contributed by atoms with Gasteiger partial charge in [-0.3, -0.25) is 9.59 Å². The van der Waals surface area contributed by atoms with E-state index in [0.717, 1.165) is 18.4 Å². The number of Topliss-reactive ketones (excluding diaryl/α,β-unsaturated/α-hetero) is 1. The summed E-state index contributed by atoms with van der Waals surface area (Å²) in [4.78, 5) is 24.2. The van der Waals surface area contributed by atoms with E-state index in [4.69, 9.17) is 0 Å². The van der Waals surface area contributed by atoms with Gasteiger partial charge in [0.2, 0.25) is 5.91 Å². The average molecular weight is 331 g/mol. The molecule has 0 aromatic heterocycles. The Hall–Kier alpha value is -1.68. The van der Waals surface area contributed by atoms with Gasteiger partial charge in [-0.05, 0) is 62.1 Å². The number of hydrogen-bond donors (Lipinski definition) is 2. The Balaban J connectivity index is 1.77. The number of rotatable bonds is 8. The van der Waals surface area contributed by atoms with E-state index in [-0.39, 0.29) is 36.6 Å². The van der Waals surface area contributed by atoms with Crippen LogP contribution >= 0.6 is 0 Å². The Morgan fingerprint density at radius 2 is 1.83 bits per heavy atom. The van der Waals surface area contributed by atoms with E-state index in [1.807, 2.05) is 19.1 Å². The van der Waals surface area contributed by atoms with Gasteiger partial charge in [-0.25, -0.2) is 0 Å². The molecule has 1 amide bonds. The predicted octanol–water partition coefficient (Wildman–Crippen LogP) is 3.05. The minimum Gasteiger partial charge on any atom is -0.393 e. The van der Waals surface area contributed by atoms with Crippen LogP contribution in [-0.4, -0.2) is 29.4 Å². The summed E-state index contributed by atoms with van der Waals surface area (Å²) in [5.41, 5.74) is 3.39. The molecule has 0 heterocycles. The zero-order chi connectivity index (χ0) is 17.5. The second-order valence-electron chi connectivity index (χ2n) is 7.11. The molecule has 0 bridgehead atoms. The van der Waals surface area contributed by atoms with E-state index >= 15 is 0 Å². The maximum atomic E-state index is 12.3. The number of benzene rings is 1. The molecule has 132 valence electrons. The molecule has 0 spiro atoms. The second kappa shape index (κ2) is 8.97. The molecule has 0 saturated carbocycles. The zero-order valence-corrected chi connectivity index (χ0v) is 14.8. The number of hydrogen-bond acceptors (Lipinski definition) is 3. The number of nitrogens with one attached hydrogen (secondary N) is 1. The Kier molecular flexibility index (Phi) is 6.98. The SMILES string of the molecule is CC(O)CC(C)CNC(=O)CCC(=O)c1ccc2c(c1)CCCC2. The number of carbonyl (C=O) groups excluding carboxylic acids is 2. The molecule has 4 nitrogen and oxygen atoms in total. The summed E-state index contributed by atoms with van der Waals surface area (Å²) in [6.45, 7) is 4.28. The van der Waals surface area contributed by atoms with Crippen LogP contribution in [0.25, 0.3) is 0 Å². The molecular formula is C20H29NO3. The molecule has 2 rings (SSSR count). The van der Waals surface area contributed by atoms with Gasteiger partial charge in [-0.1, -0.05) is 19.1 Å². The molecule has 1 aliphatic rings. The van der Waals surface area contributed by atoms with Crippen molar-refractivity contribution in [2.45, 2.75) is 64.9 Å². The van der Waals surface area contributed by atoms with Crippen molar-refractivity contribution < 1.29 is 14.7 Å². The normalized spacial score (nSPS) is 16.1. The van der Waals surface area contributed by atoms with Crippen molar-refractivity contribution in [1.82, 2.24) is 5.32 Å². The first-order valence-corrected chi connectivity index (χ1v) is 9.05. The third-order valence-corrected chi connectivity index (χ3v) is 4.64. The fourth-order valence-corrected chi connectivity index (χ4v) is 3.32. The summed E-state index contributed by atoms with van der Waals surface area (Å²) in [7, 11) is 0. The predicted molar refractivity (Wildman–Crippen MR) is 95.1 cm³/mol. The monoisotopic (exact) mass is 331 g/mol. The van der Waals surface area contributed by atoms with Crippen LogP contribution in [-0.2, 0) is 17.6 Å². The minimum absolute atomic E-state index is 0.0375. The van der Waals surface area contributed by atoms with E-state index < -0.39 is 0 Å². The zero-order valence-electron chi connectivity index (χ0n) is 14.8. The highest BCUT2D eigenvalue weighted by Crippen LogP contribution is 2.22. The van der Waals surface area contributed by atoms with Crippen LogP contribution in [0.1, 0.15) is 67.4 Å². The maximum absolute atomic E-state index is 12.3. The second-order valence-corrected chi connectivity index (χ2v) is 7.11. The van der Waals surface area contributed by atoms with Gasteiger partial charge in [0.15, 0.2) is 5.78 Å². The molecule has 0 saturated heterocycles. The van der Waals surface area contributed by atoms with E-state index in [1.54, 1.807) is 6.92 Å². The molecule has 0 aliphatic heterocycles. The van der Waals surface area contributed by atoms with Crippen molar-refractivity contribution in [1.29, 1.82) is 0 Å². The fraction of sp³-hybridized carbons (Fsp3) is 0.600. The first-order chi connectivity index (χ1) is 11.5. The fourth-order valence-electron chi connectivity index (χ4n) is 3.32.